The molecular weight excluding hydrogens is 358 g/mol. The molecule has 0 N–H and O–H groups in total. The lowest BCUT2D eigenvalue weighted by molar-refractivity contribution is -0.134. The number of amides is 2. The van der Waals surface area contributed by atoms with Crippen LogP contribution in [0.15, 0.2) is 47.2 Å². The topological polar surface area (TPSA) is 73.1 Å². The highest BCUT2D eigenvalue weighted by Crippen LogP contribution is 2.13. The van der Waals surface area contributed by atoms with Crippen LogP contribution in [-0.4, -0.2) is 90.4 Å². The molecule has 0 radical (unpaired) electrons. The van der Waals surface area contributed by atoms with Gasteiger partial charge in [-0.05, 0) is 24.3 Å². The van der Waals surface area contributed by atoms with E-state index in [1.165, 1.54) is 6.26 Å². The standard InChI is InChI=1S/C20H25N5O3/c26-19(16-22-7-9-23(10-8-22)18-5-1-2-6-21-18)24-11-13-25(14-12-24)20(27)17-4-3-15-28-17/h1-6,15H,7-14,16H2. The van der Waals surface area contributed by atoms with Crippen LogP contribution in [0.3, 0.4) is 0 Å². The first-order valence-corrected chi connectivity index (χ1v) is 9.69. The summed E-state index contributed by atoms with van der Waals surface area (Å²) >= 11 is 0. The number of furan rings is 1. The van der Waals surface area contributed by atoms with E-state index in [0.717, 1.165) is 32.0 Å². The normalized spacial score (nSPS) is 18.4. The third-order valence-corrected chi connectivity index (χ3v) is 5.36. The fourth-order valence-electron chi connectivity index (χ4n) is 3.68. The predicted octanol–water partition coefficient (Wildman–Crippen LogP) is 0.781. The molecule has 0 spiro atoms. The van der Waals surface area contributed by atoms with Gasteiger partial charge in [-0.1, -0.05) is 6.07 Å². The molecule has 4 heterocycles. The van der Waals surface area contributed by atoms with E-state index in [4.69, 9.17) is 4.42 Å². The lowest BCUT2D eigenvalue weighted by Crippen LogP contribution is -2.54. The molecule has 2 fully saturated rings. The summed E-state index contributed by atoms with van der Waals surface area (Å²) in [6.07, 6.45) is 3.31. The molecule has 2 aromatic heterocycles. The lowest BCUT2D eigenvalue weighted by atomic mass is 10.2. The fourth-order valence-corrected chi connectivity index (χ4v) is 3.68. The Bertz CT molecular complexity index is 779. The fraction of sp³-hybridized carbons (Fsp3) is 0.450. The van der Waals surface area contributed by atoms with Crippen LogP contribution in [0, 0.1) is 0 Å². The Balaban J connectivity index is 1.22. The highest BCUT2D eigenvalue weighted by molar-refractivity contribution is 5.91. The Morgan fingerprint density at radius 3 is 2.29 bits per heavy atom. The van der Waals surface area contributed by atoms with Crippen LogP contribution in [0.4, 0.5) is 5.82 Å². The summed E-state index contributed by atoms with van der Waals surface area (Å²) < 4.78 is 5.18. The summed E-state index contributed by atoms with van der Waals surface area (Å²) in [7, 11) is 0. The summed E-state index contributed by atoms with van der Waals surface area (Å²) in [4.78, 5) is 37.4. The third-order valence-electron chi connectivity index (χ3n) is 5.36. The lowest BCUT2D eigenvalue weighted by Gasteiger charge is -2.38. The van der Waals surface area contributed by atoms with Crippen LogP contribution in [-0.2, 0) is 4.79 Å². The van der Waals surface area contributed by atoms with Gasteiger partial charge in [-0.2, -0.15) is 0 Å². The van der Waals surface area contributed by atoms with Crippen molar-refractivity contribution in [1.29, 1.82) is 0 Å². The summed E-state index contributed by atoms with van der Waals surface area (Å²) in [6.45, 7) is 6.09. The molecule has 148 valence electrons. The van der Waals surface area contributed by atoms with Crippen molar-refractivity contribution in [1.82, 2.24) is 19.7 Å². The number of rotatable bonds is 4. The molecule has 2 amide bonds. The largest absolute Gasteiger partial charge is 0.459 e. The van der Waals surface area contributed by atoms with Crippen LogP contribution < -0.4 is 4.90 Å². The second kappa shape index (κ2) is 8.43. The van der Waals surface area contributed by atoms with Crippen molar-refractivity contribution in [2.75, 3.05) is 63.8 Å². The van der Waals surface area contributed by atoms with Gasteiger partial charge in [0, 0.05) is 58.6 Å². The zero-order valence-corrected chi connectivity index (χ0v) is 15.9. The van der Waals surface area contributed by atoms with Crippen molar-refractivity contribution in [2.24, 2.45) is 0 Å². The van der Waals surface area contributed by atoms with Crippen LogP contribution in [0.2, 0.25) is 0 Å². The molecule has 2 aromatic rings. The smallest absolute Gasteiger partial charge is 0.289 e. The molecule has 0 aromatic carbocycles. The highest BCUT2D eigenvalue weighted by Gasteiger charge is 2.27. The molecule has 0 saturated carbocycles. The van der Waals surface area contributed by atoms with Crippen LogP contribution in [0.1, 0.15) is 10.6 Å². The SMILES string of the molecule is O=C(CN1CCN(c2ccccn2)CC1)N1CCN(C(=O)c2ccco2)CC1. The summed E-state index contributed by atoms with van der Waals surface area (Å²) in [5, 5.41) is 0. The highest BCUT2D eigenvalue weighted by atomic mass is 16.3. The first-order chi connectivity index (χ1) is 13.7. The van der Waals surface area contributed by atoms with E-state index in [1.807, 2.05) is 29.3 Å². The molecule has 0 bridgehead atoms. The number of aromatic nitrogens is 1. The van der Waals surface area contributed by atoms with E-state index >= 15 is 0 Å². The summed E-state index contributed by atoms with van der Waals surface area (Å²) in [5.74, 6) is 1.37. The van der Waals surface area contributed by atoms with Gasteiger partial charge >= 0.3 is 0 Å². The molecule has 4 rings (SSSR count). The van der Waals surface area contributed by atoms with Crippen molar-refractivity contribution in [3.8, 4) is 0 Å². The molecule has 28 heavy (non-hydrogen) atoms. The van der Waals surface area contributed by atoms with Gasteiger partial charge in [0.25, 0.3) is 5.91 Å². The van der Waals surface area contributed by atoms with Crippen molar-refractivity contribution < 1.29 is 14.0 Å². The first kappa shape index (κ1) is 18.5. The van der Waals surface area contributed by atoms with E-state index in [2.05, 4.69) is 14.8 Å². The molecule has 2 aliphatic rings. The average Bonchev–Trinajstić information content (AvgIpc) is 3.29. The van der Waals surface area contributed by atoms with Gasteiger partial charge in [0.15, 0.2) is 5.76 Å². The maximum Gasteiger partial charge on any atom is 0.289 e. The molecule has 2 aliphatic heterocycles. The van der Waals surface area contributed by atoms with Gasteiger partial charge in [-0.3, -0.25) is 14.5 Å². The summed E-state index contributed by atoms with van der Waals surface area (Å²) in [5.41, 5.74) is 0. The van der Waals surface area contributed by atoms with E-state index in [1.54, 1.807) is 17.0 Å². The van der Waals surface area contributed by atoms with Crippen LogP contribution in [0.5, 0.6) is 0 Å². The molecule has 0 atom stereocenters. The second-order valence-electron chi connectivity index (χ2n) is 7.10. The monoisotopic (exact) mass is 383 g/mol. The molecule has 8 nitrogen and oxygen atoms in total. The zero-order chi connectivity index (χ0) is 19.3. The Morgan fingerprint density at radius 2 is 1.64 bits per heavy atom. The number of piperazine rings is 2. The maximum atomic E-state index is 12.7. The number of pyridine rings is 1. The number of anilines is 1. The zero-order valence-electron chi connectivity index (χ0n) is 15.9. The Kier molecular flexibility index (Phi) is 5.57. The minimum Gasteiger partial charge on any atom is -0.459 e. The number of carbonyl (C=O) groups is 2. The number of carbonyl (C=O) groups excluding carboxylic acids is 2. The van der Waals surface area contributed by atoms with Crippen molar-refractivity contribution in [3.05, 3.63) is 48.6 Å². The predicted molar refractivity (Wildman–Crippen MR) is 104 cm³/mol. The quantitative estimate of drug-likeness (QED) is 0.777. The number of nitrogens with zero attached hydrogens (tertiary/aromatic N) is 5. The first-order valence-electron chi connectivity index (χ1n) is 9.69. The minimum atomic E-state index is -0.109. The maximum absolute atomic E-state index is 12.7. The van der Waals surface area contributed by atoms with Gasteiger partial charge < -0.3 is 19.1 Å². The van der Waals surface area contributed by atoms with E-state index < -0.39 is 0 Å². The number of hydrogen-bond acceptors (Lipinski definition) is 6. The third kappa shape index (κ3) is 4.17. The van der Waals surface area contributed by atoms with Gasteiger partial charge in [0.2, 0.25) is 5.91 Å². The minimum absolute atomic E-state index is 0.109. The molecule has 0 aliphatic carbocycles. The Hall–Kier alpha value is -2.87. The van der Waals surface area contributed by atoms with E-state index in [0.29, 0.717) is 38.5 Å². The average molecular weight is 383 g/mol. The molecule has 0 unspecified atom stereocenters. The van der Waals surface area contributed by atoms with Gasteiger partial charge in [0.1, 0.15) is 5.82 Å². The van der Waals surface area contributed by atoms with Crippen molar-refractivity contribution in [3.63, 3.8) is 0 Å². The molecule has 8 heteroatoms. The summed E-state index contributed by atoms with van der Waals surface area (Å²) in [6, 6.07) is 9.31. The van der Waals surface area contributed by atoms with Crippen molar-refractivity contribution >= 4 is 17.6 Å². The number of hydrogen-bond donors (Lipinski definition) is 0. The van der Waals surface area contributed by atoms with Crippen molar-refractivity contribution in [2.45, 2.75) is 0 Å². The van der Waals surface area contributed by atoms with Crippen LogP contribution in [0.25, 0.3) is 0 Å². The molecule has 2 saturated heterocycles. The Morgan fingerprint density at radius 1 is 0.893 bits per heavy atom. The van der Waals surface area contributed by atoms with Crippen LogP contribution >= 0.6 is 0 Å². The van der Waals surface area contributed by atoms with E-state index in [-0.39, 0.29) is 11.8 Å². The second-order valence-corrected chi connectivity index (χ2v) is 7.10. The Labute approximate surface area is 164 Å². The van der Waals surface area contributed by atoms with Gasteiger partial charge in [-0.25, -0.2) is 4.98 Å². The van der Waals surface area contributed by atoms with Gasteiger partial charge in [-0.15, -0.1) is 0 Å². The van der Waals surface area contributed by atoms with Gasteiger partial charge in [0.05, 0.1) is 12.8 Å². The van der Waals surface area contributed by atoms with E-state index in [9.17, 15) is 9.59 Å². The molecular formula is C20H25N5O3.